The van der Waals surface area contributed by atoms with Gasteiger partial charge in [0.2, 0.25) is 5.91 Å². The number of rotatable bonds is 4. The first kappa shape index (κ1) is 14.8. The maximum Gasteiger partial charge on any atom is 0.232 e. The fourth-order valence-electron chi connectivity index (χ4n) is 3.19. The Morgan fingerprint density at radius 1 is 1.42 bits per heavy atom. The molecule has 1 amide bonds. The minimum atomic E-state index is -0.632. The minimum Gasteiger partial charge on any atom is -0.395 e. The van der Waals surface area contributed by atoms with E-state index < -0.39 is 5.41 Å². The van der Waals surface area contributed by atoms with Crippen LogP contribution in [0, 0.1) is 5.41 Å². The van der Waals surface area contributed by atoms with Gasteiger partial charge in [0, 0.05) is 18.6 Å². The fraction of sp³-hybridized carbons (Fsp3) is 0.929. The molecule has 2 atom stereocenters. The molecule has 0 aromatic carbocycles. The van der Waals surface area contributed by atoms with E-state index in [4.69, 9.17) is 10.5 Å². The van der Waals surface area contributed by atoms with Gasteiger partial charge in [-0.3, -0.25) is 4.79 Å². The second kappa shape index (κ2) is 6.20. The van der Waals surface area contributed by atoms with Crippen LogP contribution in [0.1, 0.15) is 39.0 Å². The van der Waals surface area contributed by atoms with Gasteiger partial charge in [-0.25, -0.2) is 0 Å². The average Bonchev–Trinajstić information content (AvgIpc) is 2.77. The molecule has 0 aromatic heterocycles. The van der Waals surface area contributed by atoms with Crippen molar-refractivity contribution >= 4 is 5.91 Å². The normalized spacial score (nSPS) is 32.5. The molecular formula is C14H26N2O3. The topological polar surface area (TPSA) is 75.8 Å². The summed E-state index contributed by atoms with van der Waals surface area (Å²) < 4.78 is 5.37. The van der Waals surface area contributed by atoms with Crippen LogP contribution in [0.5, 0.6) is 0 Å². The number of aliphatic hydroxyl groups is 1. The van der Waals surface area contributed by atoms with Crippen LogP contribution in [0.4, 0.5) is 0 Å². The van der Waals surface area contributed by atoms with E-state index in [1.165, 1.54) is 19.3 Å². The number of aliphatic hydroxyl groups excluding tert-OH is 1. The minimum absolute atomic E-state index is 0.00835. The first-order valence-corrected chi connectivity index (χ1v) is 7.35. The molecule has 0 spiro atoms. The smallest absolute Gasteiger partial charge is 0.232 e. The van der Waals surface area contributed by atoms with Crippen LogP contribution in [0.15, 0.2) is 0 Å². The molecule has 1 aliphatic heterocycles. The molecule has 1 saturated carbocycles. The second-order valence-corrected chi connectivity index (χ2v) is 6.05. The standard InChI is InChI=1S/C14H26N2O3/c1-14(10-19-9-12(14)15)13(18)16(7-8-17)11-5-3-2-4-6-11/h11-12,17H,2-10,15H2,1H3. The summed E-state index contributed by atoms with van der Waals surface area (Å²) in [6, 6.07) is 0.0165. The van der Waals surface area contributed by atoms with Gasteiger partial charge < -0.3 is 20.5 Å². The van der Waals surface area contributed by atoms with Crippen LogP contribution in [-0.2, 0) is 9.53 Å². The second-order valence-electron chi connectivity index (χ2n) is 6.05. The molecule has 0 bridgehead atoms. The van der Waals surface area contributed by atoms with Gasteiger partial charge in [0.15, 0.2) is 0 Å². The van der Waals surface area contributed by atoms with Crippen LogP contribution < -0.4 is 5.73 Å². The Kier molecular flexibility index (Phi) is 4.81. The van der Waals surface area contributed by atoms with E-state index in [2.05, 4.69) is 0 Å². The SMILES string of the molecule is CC1(C(=O)N(CCO)C2CCCCC2)COCC1N. The van der Waals surface area contributed by atoms with Crippen LogP contribution in [0.25, 0.3) is 0 Å². The van der Waals surface area contributed by atoms with Crippen molar-refractivity contribution in [2.75, 3.05) is 26.4 Å². The summed E-state index contributed by atoms with van der Waals surface area (Å²) in [6.45, 7) is 3.14. The molecule has 0 aromatic rings. The summed E-state index contributed by atoms with van der Waals surface area (Å²) in [6.07, 6.45) is 5.66. The van der Waals surface area contributed by atoms with Crippen molar-refractivity contribution in [1.82, 2.24) is 4.90 Å². The maximum atomic E-state index is 12.8. The Morgan fingerprint density at radius 3 is 2.63 bits per heavy atom. The van der Waals surface area contributed by atoms with Crippen molar-refractivity contribution in [3.8, 4) is 0 Å². The first-order valence-electron chi connectivity index (χ1n) is 7.35. The summed E-state index contributed by atoms with van der Waals surface area (Å²) in [5.74, 6) is 0.0541. The number of carbonyl (C=O) groups excluding carboxylic acids is 1. The quantitative estimate of drug-likeness (QED) is 0.780. The van der Waals surface area contributed by atoms with Crippen molar-refractivity contribution in [2.45, 2.75) is 51.1 Å². The van der Waals surface area contributed by atoms with Gasteiger partial charge in [0.1, 0.15) is 0 Å². The lowest BCUT2D eigenvalue weighted by Gasteiger charge is -2.39. The molecule has 3 N–H and O–H groups in total. The highest BCUT2D eigenvalue weighted by Gasteiger charge is 2.47. The van der Waals surface area contributed by atoms with Gasteiger partial charge in [-0.05, 0) is 19.8 Å². The molecule has 1 heterocycles. The maximum absolute atomic E-state index is 12.8. The van der Waals surface area contributed by atoms with Crippen LogP contribution in [0.2, 0.25) is 0 Å². The third-order valence-electron chi connectivity index (χ3n) is 4.62. The fourth-order valence-corrected chi connectivity index (χ4v) is 3.19. The predicted molar refractivity (Wildman–Crippen MR) is 72.6 cm³/mol. The van der Waals surface area contributed by atoms with E-state index in [0.717, 1.165) is 12.8 Å². The van der Waals surface area contributed by atoms with Crippen molar-refractivity contribution in [1.29, 1.82) is 0 Å². The Balaban J connectivity index is 2.11. The van der Waals surface area contributed by atoms with Crippen molar-refractivity contribution in [2.24, 2.45) is 11.1 Å². The average molecular weight is 270 g/mol. The van der Waals surface area contributed by atoms with Crippen molar-refractivity contribution in [3.05, 3.63) is 0 Å². The number of hydrogen-bond donors (Lipinski definition) is 2. The highest BCUT2D eigenvalue weighted by molar-refractivity contribution is 5.84. The molecule has 19 heavy (non-hydrogen) atoms. The molecule has 5 heteroatoms. The highest BCUT2D eigenvalue weighted by atomic mass is 16.5. The lowest BCUT2D eigenvalue weighted by Crippen LogP contribution is -2.55. The van der Waals surface area contributed by atoms with E-state index >= 15 is 0 Å². The van der Waals surface area contributed by atoms with E-state index in [0.29, 0.717) is 19.8 Å². The van der Waals surface area contributed by atoms with Gasteiger partial charge in [-0.15, -0.1) is 0 Å². The van der Waals surface area contributed by atoms with E-state index in [1.807, 2.05) is 11.8 Å². The molecule has 2 fully saturated rings. The molecule has 2 rings (SSSR count). The Hall–Kier alpha value is -0.650. The molecule has 110 valence electrons. The first-order chi connectivity index (χ1) is 9.09. The van der Waals surface area contributed by atoms with Crippen molar-refractivity contribution in [3.63, 3.8) is 0 Å². The predicted octanol–water partition coefficient (Wildman–Crippen LogP) is 0.504. The monoisotopic (exact) mass is 270 g/mol. The third kappa shape index (κ3) is 2.93. The third-order valence-corrected chi connectivity index (χ3v) is 4.62. The largest absolute Gasteiger partial charge is 0.395 e. The van der Waals surface area contributed by atoms with Gasteiger partial charge in [-0.1, -0.05) is 19.3 Å². The zero-order valence-electron chi connectivity index (χ0n) is 11.8. The number of nitrogens with zero attached hydrogens (tertiary/aromatic N) is 1. The Bertz CT molecular complexity index is 318. The summed E-state index contributed by atoms with van der Waals surface area (Å²) in [5, 5.41) is 9.25. The van der Waals surface area contributed by atoms with Crippen molar-refractivity contribution < 1.29 is 14.6 Å². The number of amides is 1. The summed E-state index contributed by atoms with van der Waals surface area (Å²) >= 11 is 0. The number of ether oxygens (including phenoxy) is 1. The van der Waals surface area contributed by atoms with Crippen LogP contribution in [0.3, 0.4) is 0 Å². The summed E-state index contributed by atoms with van der Waals surface area (Å²) in [7, 11) is 0. The molecule has 0 radical (unpaired) electrons. The van der Waals surface area contributed by atoms with E-state index in [1.54, 1.807) is 0 Å². The summed E-state index contributed by atoms with van der Waals surface area (Å²) in [4.78, 5) is 14.7. The van der Waals surface area contributed by atoms with Gasteiger partial charge >= 0.3 is 0 Å². The van der Waals surface area contributed by atoms with E-state index in [-0.39, 0.29) is 24.6 Å². The molecule has 5 nitrogen and oxygen atoms in total. The molecule has 2 aliphatic rings. The van der Waals surface area contributed by atoms with E-state index in [9.17, 15) is 9.90 Å². The molecule has 1 saturated heterocycles. The van der Waals surface area contributed by atoms with Crippen LogP contribution >= 0.6 is 0 Å². The lowest BCUT2D eigenvalue weighted by molar-refractivity contribution is -0.145. The summed E-state index contributed by atoms with van der Waals surface area (Å²) in [5.41, 5.74) is 5.41. The Labute approximate surface area is 115 Å². The van der Waals surface area contributed by atoms with Gasteiger partial charge in [0.25, 0.3) is 0 Å². The molecular weight excluding hydrogens is 244 g/mol. The zero-order valence-corrected chi connectivity index (χ0v) is 11.8. The number of nitrogens with two attached hydrogens (primary N) is 1. The number of carbonyl (C=O) groups is 1. The van der Waals surface area contributed by atoms with Crippen LogP contribution in [-0.4, -0.2) is 54.4 Å². The Morgan fingerprint density at radius 2 is 2.11 bits per heavy atom. The van der Waals surface area contributed by atoms with Gasteiger partial charge in [0.05, 0.1) is 25.2 Å². The van der Waals surface area contributed by atoms with Gasteiger partial charge in [-0.2, -0.15) is 0 Å². The molecule has 1 aliphatic carbocycles. The number of hydrogen-bond acceptors (Lipinski definition) is 4. The highest BCUT2D eigenvalue weighted by Crippen LogP contribution is 2.32. The molecule has 2 unspecified atom stereocenters. The lowest BCUT2D eigenvalue weighted by atomic mass is 9.82. The zero-order chi connectivity index (χ0) is 13.9.